The summed E-state index contributed by atoms with van der Waals surface area (Å²) < 4.78 is 0. The lowest BCUT2D eigenvalue weighted by Crippen LogP contribution is -2.43. The van der Waals surface area contributed by atoms with Gasteiger partial charge in [-0.15, -0.1) is 11.3 Å². The molecular weight excluding hydrogens is 290 g/mol. The quantitative estimate of drug-likeness (QED) is 0.804. The van der Waals surface area contributed by atoms with Crippen LogP contribution >= 0.6 is 11.3 Å². The summed E-state index contributed by atoms with van der Waals surface area (Å²) in [5.74, 6) is 0. The van der Waals surface area contributed by atoms with Gasteiger partial charge < -0.3 is 0 Å². The van der Waals surface area contributed by atoms with Crippen molar-refractivity contribution in [3.63, 3.8) is 0 Å². The zero-order valence-corrected chi connectivity index (χ0v) is 14.1. The molecule has 2 heterocycles. The summed E-state index contributed by atoms with van der Waals surface area (Å²) in [5.41, 5.74) is 4.19. The molecule has 1 saturated heterocycles. The van der Waals surface area contributed by atoms with Crippen molar-refractivity contribution in [1.82, 2.24) is 9.91 Å². The van der Waals surface area contributed by atoms with Crippen LogP contribution in [-0.4, -0.2) is 42.3 Å². The fourth-order valence-corrected chi connectivity index (χ4v) is 3.36. The Morgan fingerprint density at radius 3 is 2.64 bits per heavy atom. The van der Waals surface area contributed by atoms with Gasteiger partial charge in [-0.2, -0.15) is 5.10 Å². The molecule has 3 rings (SSSR count). The van der Waals surface area contributed by atoms with Crippen LogP contribution in [0.4, 0.5) is 0 Å². The molecule has 4 heteroatoms. The van der Waals surface area contributed by atoms with Crippen molar-refractivity contribution in [3.8, 4) is 0 Å². The van der Waals surface area contributed by atoms with Gasteiger partial charge in [-0.1, -0.05) is 29.8 Å². The van der Waals surface area contributed by atoms with Gasteiger partial charge in [0.2, 0.25) is 0 Å². The predicted molar refractivity (Wildman–Crippen MR) is 94.7 cm³/mol. The van der Waals surface area contributed by atoms with Gasteiger partial charge in [-0.05, 0) is 36.4 Å². The van der Waals surface area contributed by atoms with Gasteiger partial charge in [0.25, 0.3) is 0 Å². The average Bonchev–Trinajstić information content (AvgIpc) is 3.03. The largest absolute Gasteiger partial charge is 0.295 e. The van der Waals surface area contributed by atoms with Crippen LogP contribution in [0.15, 0.2) is 40.8 Å². The molecule has 0 atom stereocenters. The first-order chi connectivity index (χ1) is 10.7. The second-order valence-electron chi connectivity index (χ2n) is 5.92. The summed E-state index contributed by atoms with van der Waals surface area (Å²) >= 11 is 1.73. The van der Waals surface area contributed by atoms with E-state index in [-0.39, 0.29) is 0 Å². The van der Waals surface area contributed by atoms with E-state index < -0.39 is 0 Å². The predicted octanol–water partition coefficient (Wildman–Crippen LogP) is 3.52. The maximum Gasteiger partial charge on any atom is 0.0642 e. The molecule has 0 unspecified atom stereocenters. The van der Waals surface area contributed by atoms with Crippen LogP contribution in [0.25, 0.3) is 0 Å². The Balaban J connectivity index is 1.51. The van der Waals surface area contributed by atoms with E-state index in [0.717, 1.165) is 32.7 Å². The second-order valence-corrected chi connectivity index (χ2v) is 6.90. The number of benzene rings is 1. The highest BCUT2D eigenvalue weighted by molar-refractivity contribution is 7.11. The van der Waals surface area contributed by atoms with Gasteiger partial charge in [0.05, 0.1) is 6.21 Å². The Labute approximate surface area is 136 Å². The first-order valence-corrected chi connectivity index (χ1v) is 8.69. The first-order valence-electron chi connectivity index (χ1n) is 7.81. The smallest absolute Gasteiger partial charge is 0.0642 e. The van der Waals surface area contributed by atoms with Crippen LogP contribution in [0.1, 0.15) is 21.6 Å². The van der Waals surface area contributed by atoms with Gasteiger partial charge in [0, 0.05) is 37.6 Å². The topological polar surface area (TPSA) is 18.8 Å². The lowest BCUT2D eigenvalue weighted by atomic mass is 10.1. The van der Waals surface area contributed by atoms with Gasteiger partial charge in [0.1, 0.15) is 0 Å². The number of nitrogens with zero attached hydrogens (tertiary/aromatic N) is 3. The monoisotopic (exact) mass is 313 g/mol. The average molecular weight is 313 g/mol. The SMILES string of the molecule is Cc1ccc(CN2CCN(/N=C\c3cccs3)CC2)c(C)c1. The van der Waals surface area contributed by atoms with Crippen molar-refractivity contribution in [3.05, 3.63) is 57.3 Å². The molecule has 3 nitrogen and oxygen atoms in total. The molecule has 1 aromatic heterocycles. The number of aryl methyl sites for hydroxylation is 2. The lowest BCUT2D eigenvalue weighted by Gasteiger charge is -2.33. The zero-order valence-electron chi connectivity index (χ0n) is 13.3. The highest BCUT2D eigenvalue weighted by atomic mass is 32.1. The number of hydrogen-bond acceptors (Lipinski definition) is 4. The summed E-state index contributed by atoms with van der Waals surface area (Å²) in [5, 5.41) is 8.85. The highest BCUT2D eigenvalue weighted by Gasteiger charge is 2.16. The molecular formula is C18H23N3S. The third kappa shape index (κ3) is 3.96. The zero-order chi connectivity index (χ0) is 15.4. The second kappa shape index (κ2) is 7.07. The van der Waals surface area contributed by atoms with E-state index in [4.69, 9.17) is 0 Å². The molecule has 0 bridgehead atoms. The molecule has 0 radical (unpaired) electrons. The molecule has 1 aliphatic heterocycles. The standard InChI is InChI=1S/C18H23N3S/c1-15-5-6-17(16(2)12-15)14-20-7-9-21(10-8-20)19-13-18-4-3-11-22-18/h3-6,11-13H,7-10,14H2,1-2H3/b19-13-. The first kappa shape index (κ1) is 15.3. The Kier molecular flexibility index (Phi) is 4.90. The Hall–Kier alpha value is -1.65. The van der Waals surface area contributed by atoms with Crippen molar-refractivity contribution in [1.29, 1.82) is 0 Å². The number of hydrogen-bond donors (Lipinski definition) is 0. The number of rotatable bonds is 4. The molecule has 116 valence electrons. The summed E-state index contributed by atoms with van der Waals surface area (Å²) in [6.07, 6.45) is 1.98. The van der Waals surface area contributed by atoms with E-state index in [1.54, 1.807) is 11.3 Å². The van der Waals surface area contributed by atoms with E-state index in [1.165, 1.54) is 21.6 Å². The Bertz CT molecular complexity index is 626. The van der Waals surface area contributed by atoms with Gasteiger partial charge >= 0.3 is 0 Å². The van der Waals surface area contributed by atoms with Crippen LogP contribution in [0.5, 0.6) is 0 Å². The Morgan fingerprint density at radius 1 is 1.14 bits per heavy atom. The third-order valence-corrected chi connectivity index (χ3v) is 4.94. The molecule has 1 aromatic carbocycles. The molecule has 0 aliphatic carbocycles. The minimum atomic E-state index is 1.01. The number of hydrazone groups is 1. The molecule has 0 N–H and O–H groups in total. The molecule has 22 heavy (non-hydrogen) atoms. The third-order valence-electron chi connectivity index (χ3n) is 4.13. The van der Waals surface area contributed by atoms with E-state index in [0.29, 0.717) is 0 Å². The maximum absolute atomic E-state index is 4.59. The molecule has 1 fully saturated rings. The van der Waals surface area contributed by atoms with E-state index in [9.17, 15) is 0 Å². The van der Waals surface area contributed by atoms with Crippen LogP contribution in [-0.2, 0) is 6.54 Å². The van der Waals surface area contributed by atoms with Gasteiger partial charge in [-0.25, -0.2) is 0 Å². The Morgan fingerprint density at radius 2 is 1.95 bits per heavy atom. The molecule has 0 saturated carbocycles. The van der Waals surface area contributed by atoms with Crippen LogP contribution in [0.3, 0.4) is 0 Å². The van der Waals surface area contributed by atoms with E-state index in [2.05, 4.69) is 64.6 Å². The summed E-state index contributed by atoms with van der Waals surface area (Å²) in [6, 6.07) is 10.9. The summed E-state index contributed by atoms with van der Waals surface area (Å²) in [7, 11) is 0. The lowest BCUT2D eigenvalue weighted by molar-refractivity contribution is 0.131. The maximum atomic E-state index is 4.59. The van der Waals surface area contributed by atoms with Gasteiger partial charge in [0.15, 0.2) is 0 Å². The summed E-state index contributed by atoms with van der Waals surface area (Å²) in [4.78, 5) is 3.74. The van der Waals surface area contributed by atoms with Crippen molar-refractivity contribution in [2.75, 3.05) is 26.2 Å². The highest BCUT2D eigenvalue weighted by Crippen LogP contribution is 2.15. The normalized spacial score (nSPS) is 16.5. The minimum Gasteiger partial charge on any atom is -0.295 e. The molecule has 0 spiro atoms. The van der Waals surface area contributed by atoms with Crippen molar-refractivity contribution < 1.29 is 0 Å². The summed E-state index contributed by atoms with van der Waals surface area (Å²) in [6.45, 7) is 9.59. The van der Waals surface area contributed by atoms with Crippen molar-refractivity contribution in [2.24, 2.45) is 5.10 Å². The fourth-order valence-electron chi connectivity index (χ4n) is 2.78. The molecule has 0 amide bonds. The van der Waals surface area contributed by atoms with E-state index >= 15 is 0 Å². The van der Waals surface area contributed by atoms with E-state index in [1.807, 2.05) is 6.21 Å². The van der Waals surface area contributed by atoms with Gasteiger partial charge in [-0.3, -0.25) is 9.91 Å². The fraction of sp³-hybridized carbons (Fsp3) is 0.389. The minimum absolute atomic E-state index is 1.01. The molecule has 1 aliphatic rings. The van der Waals surface area contributed by atoms with Crippen molar-refractivity contribution >= 4 is 17.6 Å². The van der Waals surface area contributed by atoms with Crippen LogP contribution in [0.2, 0.25) is 0 Å². The number of thiophene rings is 1. The number of piperazine rings is 1. The van der Waals surface area contributed by atoms with Crippen LogP contribution < -0.4 is 0 Å². The molecule has 2 aromatic rings. The van der Waals surface area contributed by atoms with Crippen LogP contribution in [0, 0.1) is 13.8 Å². The van der Waals surface area contributed by atoms with Crippen molar-refractivity contribution in [2.45, 2.75) is 20.4 Å².